The van der Waals surface area contributed by atoms with Crippen molar-refractivity contribution >= 4 is 27.8 Å². The largest absolute Gasteiger partial charge is 0.419 e. The summed E-state index contributed by atoms with van der Waals surface area (Å²) in [5.41, 5.74) is 2.83. The molecule has 4 aromatic heterocycles. The molecule has 5 rings (SSSR count). The van der Waals surface area contributed by atoms with Gasteiger partial charge in [-0.1, -0.05) is 6.07 Å². The quantitative estimate of drug-likeness (QED) is 0.376. The predicted octanol–water partition coefficient (Wildman–Crippen LogP) is 5.09. The monoisotopic (exact) mass is 495 g/mol. The lowest BCUT2D eigenvalue weighted by atomic mass is 10.0. The third-order valence-corrected chi connectivity index (χ3v) is 6.31. The SMILES string of the molecule is CNc1ncc(-c2ccc3ncc4c(c3c2)n(-c2cn(C(C)C)nc2C)c(=O)n4C)cc1C(F)(F)F. The molecule has 0 unspecified atom stereocenters. The van der Waals surface area contributed by atoms with E-state index in [4.69, 9.17) is 0 Å². The Morgan fingerprint density at radius 3 is 2.44 bits per heavy atom. The number of hydrogen-bond acceptors (Lipinski definition) is 5. The number of alkyl halides is 3. The third kappa shape index (κ3) is 3.62. The molecule has 5 aromatic rings. The van der Waals surface area contributed by atoms with Crippen molar-refractivity contribution in [3.05, 3.63) is 64.6 Å². The van der Waals surface area contributed by atoms with Crippen molar-refractivity contribution in [1.29, 1.82) is 0 Å². The molecule has 0 atom stereocenters. The van der Waals surface area contributed by atoms with E-state index in [0.717, 1.165) is 6.07 Å². The number of imidazole rings is 1. The number of aryl methyl sites for hydroxylation is 2. The molecule has 0 fully saturated rings. The van der Waals surface area contributed by atoms with Crippen LogP contribution in [0.25, 0.3) is 38.8 Å². The summed E-state index contributed by atoms with van der Waals surface area (Å²) >= 11 is 0. The lowest BCUT2D eigenvalue weighted by molar-refractivity contribution is -0.137. The number of pyridine rings is 2. The first kappa shape index (κ1) is 23.6. The van der Waals surface area contributed by atoms with Crippen molar-refractivity contribution in [1.82, 2.24) is 28.9 Å². The Balaban J connectivity index is 1.81. The van der Waals surface area contributed by atoms with Gasteiger partial charge in [0, 0.05) is 43.5 Å². The van der Waals surface area contributed by atoms with Gasteiger partial charge in [-0.2, -0.15) is 18.3 Å². The van der Waals surface area contributed by atoms with E-state index in [1.54, 1.807) is 40.7 Å². The first-order valence-electron chi connectivity index (χ1n) is 11.3. The number of nitrogens with zero attached hydrogens (tertiary/aromatic N) is 6. The molecule has 11 heteroatoms. The van der Waals surface area contributed by atoms with Gasteiger partial charge >= 0.3 is 11.9 Å². The van der Waals surface area contributed by atoms with Gasteiger partial charge in [0.15, 0.2) is 0 Å². The first-order valence-corrected chi connectivity index (χ1v) is 11.3. The smallest absolute Gasteiger partial charge is 0.373 e. The zero-order chi connectivity index (χ0) is 25.9. The van der Waals surface area contributed by atoms with Gasteiger partial charge in [0.1, 0.15) is 5.82 Å². The molecule has 8 nitrogen and oxygen atoms in total. The minimum absolute atomic E-state index is 0.101. The van der Waals surface area contributed by atoms with Crippen LogP contribution in [0.5, 0.6) is 0 Å². The van der Waals surface area contributed by atoms with Crippen molar-refractivity contribution < 1.29 is 13.2 Å². The maximum Gasteiger partial charge on any atom is 0.419 e. The Bertz CT molecular complexity index is 1690. The summed E-state index contributed by atoms with van der Waals surface area (Å²) in [6.45, 7) is 5.83. The second kappa shape index (κ2) is 8.21. The number of hydrogen-bond donors (Lipinski definition) is 1. The van der Waals surface area contributed by atoms with Crippen LogP contribution in [0.3, 0.4) is 0 Å². The van der Waals surface area contributed by atoms with Crippen molar-refractivity contribution in [2.75, 3.05) is 12.4 Å². The molecule has 0 spiro atoms. The number of halogens is 3. The molecule has 1 aromatic carbocycles. The summed E-state index contributed by atoms with van der Waals surface area (Å²) in [6.07, 6.45) is 0.279. The minimum Gasteiger partial charge on any atom is -0.373 e. The Morgan fingerprint density at radius 1 is 1.06 bits per heavy atom. The second-order valence-electron chi connectivity index (χ2n) is 8.94. The molecule has 0 saturated heterocycles. The molecule has 36 heavy (non-hydrogen) atoms. The zero-order valence-corrected chi connectivity index (χ0v) is 20.3. The number of nitrogens with one attached hydrogen (secondary N) is 1. The summed E-state index contributed by atoms with van der Waals surface area (Å²) in [5, 5.41) is 7.67. The molecule has 186 valence electrons. The van der Waals surface area contributed by atoms with Crippen molar-refractivity contribution in [2.24, 2.45) is 7.05 Å². The van der Waals surface area contributed by atoms with Crippen LogP contribution in [-0.2, 0) is 13.2 Å². The van der Waals surface area contributed by atoms with Crippen LogP contribution < -0.4 is 11.0 Å². The highest BCUT2D eigenvalue weighted by atomic mass is 19.4. The van der Waals surface area contributed by atoms with Gasteiger partial charge in [-0.3, -0.25) is 18.8 Å². The number of aromatic nitrogens is 6. The summed E-state index contributed by atoms with van der Waals surface area (Å²) < 4.78 is 45.8. The molecule has 1 N–H and O–H groups in total. The molecule has 4 heterocycles. The van der Waals surface area contributed by atoms with Crippen LogP contribution in [-0.4, -0.2) is 35.9 Å². The summed E-state index contributed by atoms with van der Waals surface area (Å²) in [5.74, 6) is -0.245. The molecule has 0 amide bonds. The van der Waals surface area contributed by atoms with Crippen LogP contribution >= 0.6 is 0 Å². The van der Waals surface area contributed by atoms with Crippen LogP contribution in [0.15, 0.2) is 47.7 Å². The Kier molecular flexibility index (Phi) is 5.38. The number of anilines is 1. The fourth-order valence-corrected chi connectivity index (χ4v) is 4.39. The van der Waals surface area contributed by atoms with Crippen LogP contribution in [0, 0.1) is 6.92 Å². The molecule has 0 aliphatic carbocycles. The fraction of sp³-hybridized carbons (Fsp3) is 0.280. The van der Waals surface area contributed by atoms with E-state index in [1.807, 2.05) is 27.0 Å². The lowest BCUT2D eigenvalue weighted by Crippen LogP contribution is -2.21. The van der Waals surface area contributed by atoms with E-state index in [2.05, 4.69) is 20.4 Å². The average molecular weight is 496 g/mol. The lowest BCUT2D eigenvalue weighted by Gasteiger charge is -2.13. The predicted molar refractivity (Wildman–Crippen MR) is 133 cm³/mol. The number of fused-ring (bicyclic) bond motifs is 3. The Morgan fingerprint density at radius 2 is 1.81 bits per heavy atom. The van der Waals surface area contributed by atoms with E-state index in [9.17, 15) is 18.0 Å². The fourth-order valence-electron chi connectivity index (χ4n) is 4.39. The maximum absolute atomic E-state index is 13.6. The minimum atomic E-state index is -4.57. The molecular weight excluding hydrogens is 471 g/mol. The molecule has 0 aliphatic heterocycles. The van der Waals surface area contributed by atoms with E-state index >= 15 is 0 Å². The topological polar surface area (TPSA) is 82.6 Å². The average Bonchev–Trinajstić information content (AvgIpc) is 3.35. The normalized spacial score (nSPS) is 12.2. The van der Waals surface area contributed by atoms with Gasteiger partial charge in [-0.25, -0.2) is 9.78 Å². The van der Waals surface area contributed by atoms with Crippen LogP contribution in [0.4, 0.5) is 19.0 Å². The molecule has 0 saturated carbocycles. The second-order valence-corrected chi connectivity index (χ2v) is 8.94. The number of benzene rings is 1. The highest BCUT2D eigenvalue weighted by Gasteiger charge is 2.34. The molecule has 0 aliphatic rings. The van der Waals surface area contributed by atoms with Crippen molar-refractivity contribution in [2.45, 2.75) is 33.0 Å². The first-order chi connectivity index (χ1) is 17.0. The third-order valence-electron chi connectivity index (χ3n) is 6.31. The van der Waals surface area contributed by atoms with E-state index in [0.29, 0.717) is 44.4 Å². The summed E-state index contributed by atoms with van der Waals surface area (Å²) in [6, 6.07) is 6.35. The van der Waals surface area contributed by atoms with E-state index in [1.165, 1.54) is 17.8 Å². The van der Waals surface area contributed by atoms with Gasteiger partial charge in [0.25, 0.3) is 0 Å². The van der Waals surface area contributed by atoms with Gasteiger partial charge < -0.3 is 5.32 Å². The highest BCUT2D eigenvalue weighted by molar-refractivity contribution is 6.04. The summed E-state index contributed by atoms with van der Waals surface area (Å²) in [4.78, 5) is 21.8. The molecular formula is C25H24F3N7O. The van der Waals surface area contributed by atoms with Crippen LogP contribution in [0.2, 0.25) is 0 Å². The Labute approximate surface area is 204 Å². The van der Waals surface area contributed by atoms with E-state index in [-0.39, 0.29) is 17.5 Å². The van der Waals surface area contributed by atoms with E-state index < -0.39 is 11.7 Å². The van der Waals surface area contributed by atoms with Crippen molar-refractivity contribution in [3.63, 3.8) is 0 Å². The summed E-state index contributed by atoms with van der Waals surface area (Å²) in [7, 11) is 3.06. The van der Waals surface area contributed by atoms with Gasteiger partial charge in [0.05, 0.1) is 39.7 Å². The maximum atomic E-state index is 13.6. The molecule has 0 bridgehead atoms. The van der Waals surface area contributed by atoms with Gasteiger partial charge in [-0.05, 0) is 44.5 Å². The number of rotatable bonds is 4. The highest BCUT2D eigenvalue weighted by Crippen LogP contribution is 2.37. The van der Waals surface area contributed by atoms with Crippen LogP contribution in [0.1, 0.15) is 31.1 Å². The Hall–Kier alpha value is -4.15. The van der Waals surface area contributed by atoms with Gasteiger partial charge in [0.2, 0.25) is 0 Å². The molecule has 0 radical (unpaired) electrons. The van der Waals surface area contributed by atoms with Gasteiger partial charge in [-0.15, -0.1) is 0 Å². The zero-order valence-electron chi connectivity index (χ0n) is 20.3. The standard InChI is InChI=1S/C25H24F3N7O/c1-13(2)34-12-21(14(3)32-34)35-22-17-8-15(6-7-19(17)30-11-20(22)33(5)24(35)36)16-9-18(25(26,27)28)23(29-4)31-10-16/h6-13H,1-5H3,(H,29,31). The van der Waals surface area contributed by atoms with Crippen molar-refractivity contribution in [3.8, 4) is 16.8 Å².